The van der Waals surface area contributed by atoms with Crippen molar-refractivity contribution in [1.82, 2.24) is 0 Å². The second-order valence-corrected chi connectivity index (χ2v) is 5.37. The van der Waals surface area contributed by atoms with Gasteiger partial charge in [-0.3, -0.25) is 4.79 Å². The number of rotatable bonds is 5. The van der Waals surface area contributed by atoms with Crippen molar-refractivity contribution in [1.29, 1.82) is 0 Å². The maximum atomic E-state index is 11.2. The predicted octanol–water partition coefficient (Wildman–Crippen LogP) is 4.37. The van der Waals surface area contributed by atoms with E-state index < -0.39 is 0 Å². The highest BCUT2D eigenvalue weighted by atomic mass is 16.5. The highest BCUT2D eigenvalue weighted by Gasteiger charge is 2.07. The van der Waals surface area contributed by atoms with E-state index in [1.165, 1.54) is 5.56 Å². The van der Waals surface area contributed by atoms with Gasteiger partial charge in [-0.05, 0) is 47.2 Å². The molecule has 0 N–H and O–H groups in total. The highest BCUT2D eigenvalue weighted by Crippen LogP contribution is 2.27. The molecule has 104 valence electrons. The van der Waals surface area contributed by atoms with E-state index in [2.05, 4.69) is 38.1 Å². The smallest absolute Gasteiger partial charge is 0.150 e. The standard InChI is InChI=1S/C18H20O2/c1-13(2)10-14-4-6-15(7-5-14)18-11-17(20-3)9-8-16(18)12-19/h4-9,11-13H,10H2,1-3H3. The number of benzene rings is 2. The lowest BCUT2D eigenvalue weighted by atomic mass is 9.96. The Morgan fingerprint density at radius 3 is 2.35 bits per heavy atom. The number of ether oxygens (including phenoxy) is 1. The molecule has 0 aromatic heterocycles. The predicted molar refractivity (Wildman–Crippen MR) is 82.4 cm³/mol. The lowest BCUT2D eigenvalue weighted by Gasteiger charge is -2.10. The van der Waals surface area contributed by atoms with Gasteiger partial charge in [0.1, 0.15) is 5.75 Å². The molecule has 0 atom stereocenters. The van der Waals surface area contributed by atoms with Gasteiger partial charge in [0, 0.05) is 5.56 Å². The van der Waals surface area contributed by atoms with Crippen molar-refractivity contribution in [3.8, 4) is 16.9 Å². The zero-order valence-electron chi connectivity index (χ0n) is 12.2. The van der Waals surface area contributed by atoms with Crippen molar-refractivity contribution < 1.29 is 9.53 Å². The third kappa shape index (κ3) is 3.27. The molecule has 0 amide bonds. The largest absolute Gasteiger partial charge is 0.497 e. The molecule has 0 unspecified atom stereocenters. The van der Waals surface area contributed by atoms with E-state index in [0.29, 0.717) is 11.5 Å². The fourth-order valence-electron chi connectivity index (χ4n) is 2.31. The van der Waals surface area contributed by atoms with Gasteiger partial charge in [0.25, 0.3) is 0 Å². The van der Waals surface area contributed by atoms with Crippen LogP contribution in [0.4, 0.5) is 0 Å². The van der Waals surface area contributed by atoms with E-state index in [1.807, 2.05) is 6.07 Å². The average molecular weight is 268 g/mol. The van der Waals surface area contributed by atoms with Gasteiger partial charge in [-0.25, -0.2) is 0 Å². The Morgan fingerprint density at radius 2 is 1.80 bits per heavy atom. The first-order valence-electron chi connectivity index (χ1n) is 6.86. The van der Waals surface area contributed by atoms with Crippen molar-refractivity contribution in [3.05, 3.63) is 53.6 Å². The first kappa shape index (κ1) is 14.3. The summed E-state index contributed by atoms with van der Waals surface area (Å²) in [5.41, 5.74) is 3.95. The Balaban J connectivity index is 2.37. The summed E-state index contributed by atoms with van der Waals surface area (Å²) in [6.07, 6.45) is 1.95. The van der Waals surface area contributed by atoms with E-state index in [1.54, 1.807) is 19.2 Å². The molecule has 0 aliphatic rings. The van der Waals surface area contributed by atoms with Crippen molar-refractivity contribution in [2.45, 2.75) is 20.3 Å². The molecule has 0 aliphatic carbocycles. The van der Waals surface area contributed by atoms with Crippen LogP contribution in [0.3, 0.4) is 0 Å². The minimum Gasteiger partial charge on any atom is -0.497 e. The van der Waals surface area contributed by atoms with Crippen LogP contribution in [0.2, 0.25) is 0 Å². The third-order valence-electron chi connectivity index (χ3n) is 3.30. The van der Waals surface area contributed by atoms with Crippen LogP contribution in [0, 0.1) is 5.92 Å². The Labute approximate surface area is 120 Å². The summed E-state index contributed by atoms with van der Waals surface area (Å²) in [7, 11) is 1.63. The molecule has 2 nitrogen and oxygen atoms in total. The number of carbonyl (C=O) groups excluding carboxylic acids is 1. The lowest BCUT2D eigenvalue weighted by molar-refractivity contribution is 0.112. The second-order valence-electron chi connectivity index (χ2n) is 5.37. The van der Waals surface area contributed by atoms with Crippen LogP contribution >= 0.6 is 0 Å². The zero-order chi connectivity index (χ0) is 14.5. The molecule has 0 saturated heterocycles. The molecular formula is C18H20O2. The average Bonchev–Trinajstić information content (AvgIpc) is 2.46. The molecule has 2 aromatic carbocycles. The molecule has 0 bridgehead atoms. The van der Waals surface area contributed by atoms with Gasteiger partial charge in [-0.1, -0.05) is 38.1 Å². The molecule has 0 spiro atoms. The Kier molecular flexibility index (Phi) is 4.57. The summed E-state index contributed by atoms with van der Waals surface area (Å²) in [5.74, 6) is 1.40. The van der Waals surface area contributed by atoms with E-state index in [-0.39, 0.29) is 0 Å². The molecule has 0 fully saturated rings. The van der Waals surface area contributed by atoms with Gasteiger partial charge in [0.05, 0.1) is 7.11 Å². The summed E-state index contributed by atoms with van der Waals surface area (Å²) in [6.45, 7) is 4.42. The summed E-state index contributed by atoms with van der Waals surface area (Å²) in [5, 5.41) is 0. The van der Waals surface area contributed by atoms with Gasteiger partial charge >= 0.3 is 0 Å². The summed E-state index contributed by atoms with van der Waals surface area (Å²) in [4.78, 5) is 11.2. The van der Waals surface area contributed by atoms with Crippen LogP contribution < -0.4 is 4.74 Å². The fraction of sp³-hybridized carbons (Fsp3) is 0.278. The van der Waals surface area contributed by atoms with Crippen LogP contribution in [0.5, 0.6) is 5.75 Å². The number of hydrogen-bond acceptors (Lipinski definition) is 2. The highest BCUT2D eigenvalue weighted by molar-refractivity contribution is 5.88. The van der Waals surface area contributed by atoms with E-state index >= 15 is 0 Å². The summed E-state index contributed by atoms with van der Waals surface area (Å²) in [6, 6.07) is 13.9. The molecule has 0 heterocycles. The van der Waals surface area contributed by atoms with E-state index in [9.17, 15) is 4.79 Å². The van der Waals surface area contributed by atoms with Crippen LogP contribution in [-0.2, 0) is 6.42 Å². The lowest BCUT2D eigenvalue weighted by Crippen LogP contribution is -1.94. The minimum absolute atomic E-state index is 0.642. The maximum absolute atomic E-state index is 11.2. The van der Waals surface area contributed by atoms with Crippen LogP contribution in [0.15, 0.2) is 42.5 Å². The third-order valence-corrected chi connectivity index (χ3v) is 3.30. The van der Waals surface area contributed by atoms with Crippen LogP contribution in [0.1, 0.15) is 29.8 Å². The van der Waals surface area contributed by atoms with E-state index in [0.717, 1.165) is 29.6 Å². The van der Waals surface area contributed by atoms with Crippen LogP contribution in [0.25, 0.3) is 11.1 Å². The second kappa shape index (κ2) is 6.38. The van der Waals surface area contributed by atoms with E-state index in [4.69, 9.17) is 4.74 Å². The molecular weight excluding hydrogens is 248 g/mol. The molecule has 20 heavy (non-hydrogen) atoms. The molecule has 0 radical (unpaired) electrons. The number of hydrogen-bond donors (Lipinski definition) is 0. The molecule has 2 rings (SSSR count). The first-order valence-corrected chi connectivity index (χ1v) is 6.86. The molecule has 0 saturated carbocycles. The van der Waals surface area contributed by atoms with Gasteiger partial charge in [0.2, 0.25) is 0 Å². The van der Waals surface area contributed by atoms with Gasteiger partial charge in [-0.2, -0.15) is 0 Å². The minimum atomic E-state index is 0.642. The number of methoxy groups -OCH3 is 1. The van der Waals surface area contributed by atoms with Gasteiger partial charge < -0.3 is 4.74 Å². The normalized spacial score (nSPS) is 10.6. The maximum Gasteiger partial charge on any atom is 0.150 e. The SMILES string of the molecule is COc1ccc(C=O)c(-c2ccc(CC(C)C)cc2)c1. The first-order chi connectivity index (χ1) is 9.63. The molecule has 2 aromatic rings. The molecule has 0 aliphatic heterocycles. The Bertz CT molecular complexity index is 583. The Morgan fingerprint density at radius 1 is 1.10 bits per heavy atom. The Hall–Kier alpha value is -2.09. The topological polar surface area (TPSA) is 26.3 Å². The van der Waals surface area contributed by atoms with Crippen molar-refractivity contribution in [2.24, 2.45) is 5.92 Å². The van der Waals surface area contributed by atoms with Gasteiger partial charge in [0.15, 0.2) is 6.29 Å². The summed E-state index contributed by atoms with van der Waals surface area (Å²) < 4.78 is 5.24. The van der Waals surface area contributed by atoms with Crippen molar-refractivity contribution in [3.63, 3.8) is 0 Å². The number of aldehydes is 1. The van der Waals surface area contributed by atoms with Gasteiger partial charge in [-0.15, -0.1) is 0 Å². The summed E-state index contributed by atoms with van der Waals surface area (Å²) >= 11 is 0. The fourth-order valence-corrected chi connectivity index (χ4v) is 2.31. The van der Waals surface area contributed by atoms with Crippen LogP contribution in [-0.4, -0.2) is 13.4 Å². The van der Waals surface area contributed by atoms with Crippen molar-refractivity contribution >= 4 is 6.29 Å². The van der Waals surface area contributed by atoms with Crippen molar-refractivity contribution in [2.75, 3.05) is 7.11 Å². The number of carbonyl (C=O) groups is 1. The monoisotopic (exact) mass is 268 g/mol. The molecule has 2 heteroatoms. The quantitative estimate of drug-likeness (QED) is 0.752. The zero-order valence-corrected chi connectivity index (χ0v) is 12.2.